The van der Waals surface area contributed by atoms with E-state index in [9.17, 15) is 0 Å². The van der Waals surface area contributed by atoms with Gasteiger partial charge in [-0.1, -0.05) is 194 Å². The first-order chi connectivity index (χ1) is 39.6. The molecule has 0 amide bonds. The van der Waals surface area contributed by atoms with Crippen LogP contribution in [0, 0.1) is 0 Å². The number of nitrogens with one attached hydrogen (secondary N) is 4. The third-order valence-electron chi connectivity index (χ3n) is 14.9. The lowest BCUT2D eigenvalue weighted by Crippen LogP contribution is -1.83. The van der Waals surface area contributed by atoms with Crippen molar-refractivity contribution >= 4 is 101 Å². The maximum atomic E-state index is 5.02. The van der Waals surface area contributed by atoms with Crippen molar-refractivity contribution in [3.63, 3.8) is 0 Å². The number of aromatic amines is 4. The number of benzene rings is 8. The van der Waals surface area contributed by atoms with Gasteiger partial charge in [-0.3, -0.25) is 0 Å². The molecule has 4 aliphatic heterocycles. The van der Waals surface area contributed by atoms with E-state index >= 15 is 0 Å². The van der Waals surface area contributed by atoms with Gasteiger partial charge in [0.2, 0.25) is 0 Å². The smallest absolute Gasteiger partial charge is 0.164 e. The van der Waals surface area contributed by atoms with Crippen LogP contribution in [0.15, 0.2) is 194 Å². The van der Waals surface area contributed by atoms with Crippen LogP contribution in [0.1, 0.15) is 0 Å². The molecule has 10 heterocycles. The zero-order chi connectivity index (χ0) is 52.4. The molecule has 380 valence electrons. The van der Waals surface area contributed by atoms with Crippen LogP contribution in [0.25, 0.3) is 179 Å². The molecule has 0 saturated heterocycles. The highest BCUT2D eigenvalue weighted by atomic mass is 35.5. The first-order valence-electron chi connectivity index (χ1n) is 26.0. The zero-order valence-corrected chi connectivity index (χ0v) is 43.1. The van der Waals surface area contributed by atoms with E-state index in [1.54, 1.807) is 0 Å². The van der Waals surface area contributed by atoms with Crippen LogP contribution in [0.2, 0.25) is 0 Å². The molecule has 16 nitrogen and oxygen atoms in total. The Morgan fingerprint density at radius 1 is 0.160 bits per heavy atom. The summed E-state index contributed by atoms with van der Waals surface area (Å²) in [7, 11) is 0. The van der Waals surface area contributed by atoms with Gasteiger partial charge in [-0.15, -0.1) is 12.4 Å². The largest absolute Gasteiger partial charge is 0.324 e. The summed E-state index contributed by atoms with van der Waals surface area (Å²) in [5.74, 6) is 4.78. The molecule has 0 aliphatic carbocycles. The van der Waals surface area contributed by atoms with Gasteiger partial charge < -0.3 is 19.9 Å². The highest BCUT2D eigenvalue weighted by Crippen LogP contribution is 2.39. The molecule has 16 bridgehead atoms. The van der Waals surface area contributed by atoms with Crippen LogP contribution in [0.3, 0.4) is 0 Å². The molecule has 0 saturated carbocycles. The molecule has 0 unspecified atom stereocenters. The number of rotatable bonds is 0. The topological polar surface area (TPSA) is 218 Å². The summed E-state index contributed by atoms with van der Waals surface area (Å²) in [5, 5.41) is 7.64. The molecule has 18 rings (SSSR count). The van der Waals surface area contributed by atoms with Gasteiger partial charge in [0.15, 0.2) is 46.6 Å². The van der Waals surface area contributed by atoms with Gasteiger partial charge in [-0.05, 0) is 0 Å². The first kappa shape index (κ1) is 45.9. The van der Waals surface area contributed by atoms with Gasteiger partial charge in [0, 0.05) is 87.6 Å². The lowest BCUT2D eigenvalue weighted by atomic mass is 10.1. The Bertz CT molecular complexity index is 4390. The fourth-order valence-corrected chi connectivity index (χ4v) is 11.2. The van der Waals surface area contributed by atoms with E-state index in [4.69, 9.17) is 59.8 Å². The number of nitrogens with zero attached hydrogens (tertiary/aromatic N) is 12. The predicted octanol–water partition coefficient (Wildman–Crippen LogP) is 14.2. The summed E-state index contributed by atoms with van der Waals surface area (Å²) in [6, 6.07) is 64.5. The molecule has 14 aromatic rings. The monoisotopic (exact) mass is 1060 g/mol. The standard InChI is InChI=1S/2C32H18N8.ClH/c2*1-2-10-18-17(9-1)25-33-26(18)38-28-21-13-5-6-14-22(21)30(35-28)40-32-24-16-8-7-15-23(24)31(36-32)39-29-20-12-4-3-11-19(20)27(34-29)37-25;/h2*1-16H,(H2,33,34,35,36,37,38,39,40);1H. The Labute approximate surface area is 463 Å². The van der Waals surface area contributed by atoms with Crippen molar-refractivity contribution in [2.24, 2.45) is 0 Å². The fraction of sp³-hybridized carbons (Fsp3) is 0. The lowest BCUT2D eigenvalue weighted by molar-refractivity contribution is 1.19. The highest BCUT2D eigenvalue weighted by molar-refractivity contribution is 6.08. The quantitative estimate of drug-likeness (QED) is 0.111. The molecule has 8 aromatic carbocycles. The number of halogens is 1. The van der Waals surface area contributed by atoms with Gasteiger partial charge >= 0.3 is 0 Å². The molecule has 0 fully saturated rings. The van der Waals surface area contributed by atoms with Crippen LogP contribution in [0.4, 0.5) is 0 Å². The van der Waals surface area contributed by atoms with Crippen LogP contribution in [-0.4, -0.2) is 79.7 Å². The summed E-state index contributed by atoms with van der Waals surface area (Å²) in [4.78, 5) is 73.5. The third-order valence-corrected chi connectivity index (χ3v) is 14.9. The second-order valence-electron chi connectivity index (χ2n) is 19.6. The minimum atomic E-state index is 0. The van der Waals surface area contributed by atoms with Gasteiger partial charge in [-0.25, -0.2) is 59.8 Å². The van der Waals surface area contributed by atoms with E-state index in [-0.39, 0.29) is 12.4 Å². The van der Waals surface area contributed by atoms with Crippen molar-refractivity contribution in [1.29, 1.82) is 0 Å². The van der Waals surface area contributed by atoms with E-state index < -0.39 is 0 Å². The Morgan fingerprint density at radius 3 is 0.420 bits per heavy atom. The summed E-state index contributed by atoms with van der Waals surface area (Å²) in [6.45, 7) is 0. The maximum Gasteiger partial charge on any atom is 0.164 e. The lowest BCUT2D eigenvalue weighted by Gasteiger charge is -1.96. The number of hydrogen-bond acceptors (Lipinski definition) is 12. The second-order valence-corrected chi connectivity index (χ2v) is 19.6. The molecule has 4 aliphatic rings. The number of H-pyrrole nitrogens is 4. The minimum absolute atomic E-state index is 0. The van der Waals surface area contributed by atoms with E-state index in [1.165, 1.54) is 0 Å². The van der Waals surface area contributed by atoms with Gasteiger partial charge in [0.25, 0.3) is 0 Å². The average Bonchev–Trinajstić information content (AvgIpc) is 4.53. The molecule has 6 aromatic heterocycles. The summed E-state index contributed by atoms with van der Waals surface area (Å²) >= 11 is 0. The second kappa shape index (κ2) is 17.9. The van der Waals surface area contributed by atoms with Crippen molar-refractivity contribution in [2.45, 2.75) is 0 Å². The van der Waals surface area contributed by atoms with E-state index in [1.807, 2.05) is 194 Å². The molecule has 17 heteroatoms. The van der Waals surface area contributed by atoms with Crippen molar-refractivity contribution in [2.75, 3.05) is 0 Å². The number of aromatic nitrogens is 16. The summed E-state index contributed by atoms with van der Waals surface area (Å²) in [6.07, 6.45) is 0. The number of hydrogen-bond donors (Lipinski definition) is 4. The van der Waals surface area contributed by atoms with E-state index in [2.05, 4.69) is 19.9 Å². The molecule has 81 heavy (non-hydrogen) atoms. The number of fused-ring (bicyclic) bond motifs is 40. The molecule has 0 atom stereocenters. The molecular weight excluding hydrogens is 1030 g/mol. The Morgan fingerprint density at radius 2 is 0.284 bits per heavy atom. The molecule has 0 radical (unpaired) electrons. The zero-order valence-electron chi connectivity index (χ0n) is 42.3. The van der Waals surface area contributed by atoms with Crippen molar-refractivity contribution in [3.05, 3.63) is 194 Å². The van der Waals surface area contributed by atoms with E-state index in [0.717, 1.165) is 87.6 Å². The Hall–Kier alpha value is -11.2. The predicted molar refractivity (Wildman–Crippen MR) is 319 cm³/mol. The van der Waals surface area contributed by atoms with Crippen LogP contribution < -0.4 is 0 Å². The summed E-state index contributed by atoms with van der Waals surface area (Å²) in [5.41, 5.74) is 12.9. The SMILES string of the molecule is Cl.c1ccc2c(c1)-c1nc-2nc2[nH]c(nc3nc(nc4[nH]c(n1)c1ccccc41)-c1ccccc1-3)c1ccccc21.c1ccc2c(c1)-c1nc-2nc2[nH]c(nc3nc(nc4[nH]c(n1)c1ccccc41)-c1ccccc1-3)c1ccccc21. The highest BCUT2D eigenvalue weighted by Gasteiger charge is 2.24. The summed E-state index contributed by atoms with van der Waals surface area (Å²) < 4.78 is 0. The van der Waals surface area contributed by atoms with Crippen LogP contribution in [0.5, 0.6) is 0 Å². The fourth-order valence-electron chi connectivity index (χ4n) is 11.2. The molecule has 0 spiro atoms. The van der Waals surface area contributed by atoms with Gasteiger partial charge in [-0.2, -0.15) is 0 Å². The van der Waals surface area contributed by atoms with Crippen LogP contribution >= 0.6 is 12.4 Å². The third kappa shape index (κ3) is 7.31. The minimum Gasteiger partial charge on any atom is -0.324 e. The normalized spacial score (nSPS) is 11.9. The molecule has 4 N–H and O–H groups in total. The van der Waals surface area contributed by atoms with Crippen molar-refractivity contribution in [3.8, 4) is 91.1 Å². The van der Waals surface area contributed by atoms with Gasteiger partial charge in [0.1, 0.15) is 45.2 Å². The average molecular weight is 1070 g/mol. The Kier molecular flexibility index (Phi) is 10.2. The van der Waals surface area contributed by atoms with Crippen LogP contribution in [-0.2, 0) is 0 Å². The van der Waals surface area contributed by atoms with Gasteiger partial charge in [0.05, 0.1) is 0 Å². The van der Waals surface area contributed by atoms with Crippen molar-refractivity contribution < 1.29 is 0 Å². The van der Waals surface area contributed by atoms with Crippen molar-refractivity contribution in [1.82, 2.24) is 79.7 Å². The Balaban J connectivity index is 0.000000132. The van der Waals surface area contributed by atoms with E-state index in [0.29, 0.717) is 91.8 Å². The molecular formula is C64H37ClN16. The maximum absolute atomic E-state index is 5.02. The first-order valence-corrected chi connectivity index (χ1v) is 26.0.